The van der Waals surface area contributed by atoms with Crippen molar-refractivity contribution in [3.63, 3.8) is 0 Å². The topological polar surface area (TPSA) is 35.2 Å². The van der Waals surface area contributed by atoms with Crippen LogP contribution in [0.1, 0.15) is 36.6 Å². The van der Waals surface area contributed by atoms with Crippen molar-refractivity contribution < 1.29 is 9.13 Å². The summed E-state index contributed by atoms with van der Waals surface area (Å²) >= 11 is 3.20. The third kappa shape index (κ3) is 2.83. The molecule has 1 heterocycles. The molecule has 2 aromatic carbocycles. The summed E-state index contributed by atoms with van der Waals surface area (Å²) in [7, 11) is 0. The highest BCUT2D eigenvalue weighted by Gasteiger charge is 2.30. The van der Waals surface area contributed by atoms with E-state index in [0.717, 1.165) is 23.3 Å². The summed E-state index contributed by atoms with van der Waals surface area (Å²) in [4.78, 5) is 0. The van der Waals surface area contributed by atoms with Gasteiger partial charge in [0, 0.05) is 6.42 Å². The Labute approximate surface area is 132 Å². The van der Waals surface area contributed by atoms with E-state index in [1.54, 1.807) is 12.1 Å². The first-order valence-electron chi connectivity index (χ1n) is 6.88. The quantitative estimate of drug-likeness (QED) is 0.874. The molecule has 3 rings (SSSR count). The van der Waals surface area contributed by atoms with Crippen LogP contribution in [0.5, 0.6) is 5.75 Å². The summed E-state index contributed by atoms with van der Waals surface area (Å²) in [5, 5.41) is 0. The minimum Gasteiger partial charge on any atom is -0.487 e. The Hall–Kier alpha value is -1.39. The molecule has 1 aliphatic rings. The van der Waals surface area contributed by atoms with Gasteiger partial charge in [-0.05, 0) is 64.7 Å². The van der Waals surface area contributed by atoms with Gasteiger partial charge in [0.1, 0.15) is 17.2 Å². The van der Waals surface area contributed by atoms with Crippen LogP contribution in [0.25, 0.3) is 0 Å². The molecule has 0 radical (unpaired) electrons. The molecule has 4 heteroatoms. The molecule has 0 saturated carbocycles. The minimum atomic E-state index is -0.282. The Bertz CT molecular complexity index is 699. The van der Waals surface area contributed by atoms with E-state index in [1.165, 1.54) is 11.6 Å². The number of rotatable bonds is 2. The second-order valence-electron chi connectivity index (χ2n) is 6.06. The molecule has 21 heavy (non-hydrogen) atoms. The third-order valence-corrected chi connectivity index (χ3v) is 4.36. The van der Waals surface area contributed by atoms with Crippen molar-refractivity contribution in [2.24, 2.45) is 5.73 Å². The predicted octanol–water partition coefficient (Wildman–Crippen LogP) is 4.35. The number of fused-ring (bicyclic) bond motifs is 1. The SMILES string of the molecule is CC1(C)Cc2cc(C(N)c3ccc(F)c(Br)c3)ccc2O1. The van der Waals surface area contributed by atoms with Crippen molar-refractivity contribution in [1.29, 1.82) is 0 Å². The van der Waals surface area contributed by atoms with Crippen LogP contribution in [-0.2, 0) is 6.42 Å². The molecule has 110 valence electrons. The number of hydrogen-bond acceptors (Lipinski definition) is 2. The zero-order valence-electron chi connectivity index (χ0n) is 12.0. The van der Waals surface area contributed by atoms with Crippen LogP contribution in [-0.4, -0.2) is 5.60 Å². The van der Waals surface area contributed by atoms with Gasteiger partial charge in [0.15, 0.2) is 0 Å². The normalized spacial score (nSPS) is 17.2. The first-order chi connectivity index (χ1) is 9.85. The lowest BCUT2D eigenvalue weighted by molar-refractivity contribution is 0.138. The molecular formula is C17H17BrFNO. The summed E-state index contributed by atoms with van der Waals surface area (Å²) in [5.41, 5.74) is 9.21. The fraction of sp³-hybridized carbons (Fsp3) is 0.294. The number of hydrogen-bond donors (Lipinski definition) is 1. The van der Waals surface area contributed by atoms with Gasteiger partial charge >= 0.3 is 0 Å². The molecule has 0 bridgehead atoms. The summed E-state index contributed by atoms with van der Waals surface area (Å²) in [6.45, 7) is 4.15. The molecule has 0 saturated heterocycles. The monoisotopic (exact) mass is 349 g/mol. The van der Waals surface area contributed by atoms with Crippen LogP contribution in [0, 0.1) is 5.82 Å². The van der Waals surface area contributed by atoms with Crippen LogP contribution < -0.4 is 10.5 Å². The molecule has 2 N–H and O–H groups in total. The molecule has 2 nitrogen and oxygen atoms in total. The van der Waals surface area contributed by atoms with Crippen LogP contribution in [0.4, 0.5) is 4.39 Å². The lowest BCUT2D eigenvalue weighted by atomic mass is 9.95. The maximum atomic E-state index is 13.3. The number of ether oxygens (including phenoxy) is 1. The smallest absolute Gasteiger partial charge is 0.137 e. The Morgan fingerprint density at radius 2 is 1.86 bits per heavy atom. The zero-order valence-corrected chi connectivity index (χ0v) is 13.6. The second kappa shape index (κ2) is 5.11. The van der Waals surface area contributed by atoms with Gasteiger partial charge in [-0.25, -0.2) is 4.39 Å². The van der Waals surface area contributed by atoms with Gasteiger partial charge in [0.2, 0.25) is 0 Å². The van der Waals surface area contributed by atoms with E-state index in [9.17, 15) is 4.39 Å². The van der Waals surface area contributed by atoms with E-state index < -0.39 is 0 Å². The Kier molecular flexibility index (Phi) is 3.54. The fourth-order valence-electron chi connectivity index (χ4n) is 2.72. The number of benzene rings is 2. The average molecular weight is 350 g/mol. The summed E-state index contributed by atoms with van der Waals surface area (Å²) in [6, 6.07) is 10.6. The first kappa shape index (κ1) is 14.5. The van der Waals surface area contributed by atoms with Gasteiger partial charge in [0.25, 0.3) is 0 Å². The number of nitrogens with two attached hydrogens (primary N) is 1. The molecule has 2 aromatic rings. The van der Waals surface area contributed by atoms with E-state index in [-0.39, 0.29) is 17.5 Å². The Morgan fingerprint density at radius 3 is 2.57 bits per heavy atom. The average Bonchev–Trinajstić information content (AvgIpc) is 2.73. The van der Waals surface area contributed by atoms with Crippen molar-refractivity contribution in [2.75, 3.05) is 0 Å². The first-order valence-corrected chi connectivity index (χ1v) is 7.67. The lowest BCUT2D eigenvalue weighted by Gasteiger charge is -2.16. The van der Waals surface area contributed by atoms with Gasteiger partial charge < -0.3 is 10.5 Å². The fourth-order valence-corrected chi connectivity index (χ4v) is 3.12. The molecular weight excluding hydrogens is 333 g/mol. The van der Waals surface area contributed by atoms with Gasteiger partial charge in [-0.1, -0.05) is 18.2 Å². The van der Waals surface area contributed by atoms with Crippen molar-refractivity contribution in [2.45, 2.75) is 31.9 Å². The van der Waals surface area contributed by atoms with E-state index in [2.05, 4.69) is 35.8 Å². The molecule has 1 unspecified atom stereocenters. The van der Waals surface area contributed by atoms with E-state index >= 15 is 0 Å². The van der Waals surface area contributed by atoms with E-state index in [1.807, 2.05) is 12.1 Å². The molecule has 1 atom stereocenters. The van der Waals surface area contributed by atoms with E-state index in [4.69, 9.17) is 10.5 Å². The van der Waals surface area contributed by atoms with Crippen LogP contribution >= 0.6 is 15.9 Å². The van der Waals surface area contributed by atoms with Crippen LogP contribution in [0.3, 0.4) is 0 Å². The van der Waals surface area contributed by atoms with Crippen molar-refractivity contribution in [3.05, 3.63) is 63.4 Å². The van der Waals surface area contributed by atoms with Gasteiger partial charge in [0.05, 0.1) is 10.5 Å². The third-order valence-electron chi connectivity index (χ3n) is 3.75. The van der Waals surface area contributed by atoms with E-state index in [0.29, 0.717) is 4.47 Å². The summed E-state index contributed by atoms with van der Waals surface area (Å²) in [6.07, 6.45) is 0.871. The standard InChI is InChI=1S/C17H17BrFNO/c1-17(2)9-12-7-10(4-6-15(12)21-17)16(20)11-3-5-14(19)13(18)8-11/h3-8,16H,9,20H2,1-2H3. The van der Waals surface area contributed by atoms with Gasteiger partial charge in [-0.15, -0.1) is 0 Å². The molecule has 0 fully saturated rings. The number of halogens is 2. The Morgan fingerprint density at radius 1 is 1.19 bits per heavy atom. The van der Waals surface area contributed by atoms with Crippen molar-refractivity contribution >= 4 is 15.9 Å². The highest BCUT2D eigenvalue weighted by molar-refractivity contribution is 9.10. The summed E-state index contributed by atoms with van der Waals surface area (Å²) < 4.78 is 19.6. The second-order valence-corrected chi connectivity index (χ2v) is 6.91. The predicted molar refractivity (Wildman–Crippen MR) is 85.0 cm³/mol. The highest BCUT2D eigenvalue weighted by Crippen LogP contribution is 2.36. The molecule has 0 aromatic heterocycles. The lowest BCUT2D eigenvalue weighted by Crippen LogP contribution is -2.24. The molecule has 1 aliphatic heterocycles. The highest BCUT2D eigenvalue weighted by atomic mass is 79.9. The zero-order chi connectivity index (χ0) is 15.2. The Balaban J connectivity index is 1.93. The molecule has 0 aliphatic carbocycles. The van der Waals surface area contributed by atoms with Crippen LogP contribution in [0.15, 0.2) is 40.9 Å². The van der Waals surface area contributed by atoms with Crippen molar-refractivity contribution in [1.82, 2.24) is 0 Å². The maximum absolute atomic E-state index is 13.3. The van der Waals surface area contributed by atoms with Crippen molar-refractivity contribution in [3.8, 4) is 5.75 Å². The molecule has 0 spiro atoms. The largest absolute Gasteiger partial charge is 0.487 e. The molecule has 0 amide bonds. The minimum absolute atomic E-state index is 0.163. The van der Waals surface area contributed by atoms with Crippen LogP contribution in [0.2, 0.25) is 0 Å². The van der Waals surface area contributed by atoms with Gasteiger partial charge in [-0.3, -0.25) is 0 Å². The maximum Gasteiger partial charge on any atom is 0.137 e. The van der Waals surface area contributed by atoms with Gasteiger partial charge in [-0.2, -0.15) is 0 Å². The summed E-state index contributed by atoms with van der Waals surface area (Å²) in [5.74, 6) is 0.645.